The smallest absolute Gasteiger partial charge is 0.134 e. The fourth-order valence-corrected chi connectivity index (χ4v) is 1.58. The molecule has 1 aromatic rings. The summed E-state index contributed by atoms with van der Waals surface area (Å²) in [5.74, 6) is 2.20. The highest BCUT2D eigenvalue weighted by molar-refractivity contribution is 5.49. The SMILES string of the molecule is CNC1CN(c2cc(N)nc(C)n2)C1. The number of anilines is 2. The van der Waals surface area contributed by atoms with Crippen molar-refractivity contribution in [2.45, 2.75) is 13.0 Å². The second kappa shape index (κ2) is 3.42. The summed E-state index contributed by atoms with van der Waals surface area (Å²) in [6.07, 6.45) is 0. The zero-order chi connectivity index (χ0) is 10.1. The van der Waals surface area contributed by atoms with E-state index in [1.807, 2.05) is 20.0 Å². The fraction of sp³-hybridized carbons (Fsp3) is 0.556. The molecule has 5 heteroatoms. The number of nitrogen functional groups attached to an aromatic ring is 1. The zero-order valence-electron chi connectivity index (χ0n) is 8.49. The van der Waals surface area contributed by atoms with Crippen LogP contribution in [-0.2, 0) is 0 Å². The third-order valence-corrected chi connectivity index (χ3v) is 2.46. The van der Waals surface area contributed by atoms with Crippen LogP contribution in [0.4, 0.5) is 11.6 Å². The third-order valence-electron chi connectivity index (χ3n) is 2.46. The van der Waals surface area contributed by atoms with Crippen LogP contribution < -0.4 is 16.0 Å². The van der Waals surface area contributed by atoms with E-state index in [0.717, 1.165) is 24.7 Å². The van der Waals surface area contributed by atoms with Crippen molar-refractivity contribution in [3.63, 3.8) is 0 Å². The molecule has 2 rings (SSSR count). The summed E-state index contributed by atoms with van der Waals surface area (Å²) in [4.78, 5) is 10.6. The summed E-state index contributed by atoms with van der Waals surface area (Å²) in [5.41, 5.74) is 5.65. The van der Waals surface area contributed by atoms with Gasteiger partial charge in [0.05, 0.1) is 0 Å². The minimum atomic E-state index is 0.542. The minimum absolute atomic E-state index is 0.542. The Morgan fingerprint density at radius 3 is 2.79 bits per heavy atom. The average Bonchev–Trinajstić information content (AvgIpc) is 2.00. The predicted molar refractivity (Wildman–Crippen MR) is 56.2 cm³/mol. The van der Waals surface area contributed by atoms with Crippen molar-refractivity contribution in [2.24, 2.45) is 0 Å². The normalized spacial score (nSPS) is 16.9. The lowest BCUT2D eigenvalue weighted by atomic mass is 10.1. The molecule has 1 aliphatic heterocycles. The molecule has 0 amide bonds. The van der Waals surface area contributed by atoms with Gasteiger partial charge in [-0.05, 0) is 14.0 Å². The summed E-state index contributed by atoms with van der Waals surface area (Å²) < 4.78 is 0. The maximum atomic E-state index is 5.65. The molecule has 2 heterocycles. The van der Waals surface area contributed by atoms with E-state index in [1.54, 1.807) is 0 Å². The van der Waals surface area contributed by atoms with Gasteiger partial charge >= 0.3 is 0 Å². The topological polar surface area (TPSA) is 67.1 Å². The van der Waals surface area contributed by atoms with Crippen LogP contribution in [0.15, 0.2) is 6.07 Å². The molecular formula is C9H15N5. The number of nitrogens with one attached hydrogen (secondary N) is 1. The van der Waals surface area contributed by atoms with Crippen LogP contribution in [0.3, 0.4) is 0 Å². The Labute approximate surface area is 83.3 Å². The standard InChI is InChI=1S/C9H15N5/c1-6-12-8(10)3-9(13-6)14-4-7(5-14)11-2/h3,7,11H,4-5H2,1-2H3,(H2,10,12,13). The lowest BCUT2D eigenvalue weighted by Gasteiger charge is -2.39. The van der Waals surface area contributed by atoms with Gasteiger partial charge in [-0.25, -0.2) is 9.97 Å². The number of likely N-dealkylation sites (N-methyl/N-ethyl adjacent to an activating group) is 1. The van der Waals surface area contributed by atoms with Crippen LogP contribution in [0.25, 0.3) is 0 Å². The largest absolute Gasteiger partial charge is 0.384 e. The molecule has 1 fully saturated rings. The van der Waals surface area contributed by atoms with E-state index in [2.05, 4.69) is 20.2 Å². The first-order valence-corrected chi connectivity index (χ1v) is 4.72. The predicted octanol–water partition coefficient (Wildman–Crippen LogP) is -0.225. The molecule has 5 nitrogen and oxygen atoms in total. The number of aryl methyl sites for hydroxylation is 1. The van der Waals surface area contributed by atoms with E-state index >= 15 is 0 Å². The average molecular weight is 193 g/mol. The number of hydrogen-bond acceptors (Lipinski definition) is 5. The molecule has 0 saturated carbocycles. The maximum absolute atomic E-state index is 5.65. The molecule has 3 N–H and O–H groups in total. The summed E-state index contributed by atoms with van der Waals surface area (Å²) in [7, 11) is 1.97. The number of nitrogens with two attached hydrogens (primary N) is 1. The quantitative estimate of drug-likeness (QED) is 0.679. The molecule has 1 aromatic heterocycles. The summed E-state index contributed by atoms with van der Waals surface area (Å²) >= 11 is 0. The van der Waals surface area contributed by atoms with Crippen molar-refractivity contribution in [3.8, 4) is 0 Å². The van der Waals surface area contributed by atoms with Crippen LogP contribution >= 0.6 is 0 Å². The fourth-order valence-electron chi connectivity index (χ4n) is 1.58. The molecule has 0 aromatic carbocycles. The molecule has 76 valence electrons. The summed E-state index contributed by atoms with van der Waals surface area (Å²) in [6.45, 7) is 3.84. The van der Waals surface area contributed by atoms with E-state index in [1.165, 1.54) is 0 Å². The van der Waals surface area contributed by atoms with Gasteiger partial charge in [0, 0.05) is 25.2 Å². The highest BCUT2D eigenvalue weighted by atomic mass is 15.3. The molecule has 0 aliphatic carbocycles. The highest BCUT2D eigenvalue weighted by Gasteiger charge is 2.26. The molecule has 0 bridgehead atoms. The first-order valence-electron chi connectivity index (χ1n) is 4.72. The van der Waals surface area contributed by atoms with Gasteiger partial charge in [-0.15, -0.1) is 0 Å². The molecule has 14 heavy (non-hydrogen) atoms. The van der Waals surface area contributed by atoms with Gasteiger partial charge in [-0.2, -0.15) is 0 Å². The van der Waals surface area contributed by atoms with E-state index in [-0.39, 0.29) is 0 Å². The van der Waals surface area contributed by atoms with Gasteiger partial charge in [-0.1, -0.05) is 0 Å². The Balaban J connectivity index is 2.10. The molecule has 0 atom stereocenters. The van der Waals surface area contributed by atoms with Crippen LogP contribution in [0, 0.1) is 6.92 Å². The minimum Gasteiger partial charge on any atom is -0.384 e. The maximum Gasteiger partial charge on any atom is 0.134 e. The molecule has 0 radical (unpaired) electrons. The van der Waals surface area contributed by atoms with Crippen LogP contribution in [-0.4, -0.2) is 36.1 Å². The number of rotatable bonds is 2. The van der Waals surface area contributed by atoms with Crippen molar-refractivity contribution in [1.29, 1.82) is 0 Å². The Hall–Kier alpha value is -1.36. The van der Waals surface area contributed by atoms with Gasteiger partial charge in [0.25, 0.3) is 0 Å². The summed E-state index contributed by atoms with van der Waals surface area (Å²) in [6, 6.07) is 2.39. The molecule has 1 aliphatic rings. The lowest BCUT2D eigenvalue weighted by Crippen LogP contribution is -2.57. The number of nitrogens with zero attached hydrogens (tertiary/aromatic N) is 3. The second-order valence-corrected chi connectivity index (χ2v) is 3.59. The first-order chi connectivity index (χ1) is 6.69. The second-order valence-electron chi connectivity index (χ2n) is 3.59. The Kier molecular flexibility index (Phi) is 2.25. The van der Waals surface area contributed by atoms with Crippen molar-refractivity contribution in [2.75, 3.05) is 30.8 Å². The van der Waals surface area contributed by atoms with Gasteiger partial charge < -0.3 is 16.0 Å². The van der Waals surface area contributed by atoms with Gasteiger partial charge in [0.1, 0.15) is 17.5 Å². The Morgan fingerprint density at radius 2 is 2.21 bits per heavy atom. The Morgan fingerprint density at radius 1 is 1.50 bits per heavy atom. The van der Waals surface area contributed by atoms with Gasteiger partial charge in [0.15, 0.2) is 0 Å². The Bertz CT molecular complexity index is 312. The number of hydrogen-bond donors (Lipinski definition) is 2. The zero-order valence-corrected chi connectivity index (χ0v) is 8.49. The van der Waals surface area contributed by atoms with E-state index < -0.39 is 0 Å². The van der Waals surface area contributed by atoms with Crippen molar-refractivity contribution < 1.29 is 0 Å². The molecular weight excluding hydrogens is 178 g/mol. The first kappa shape index (κ1) is 9.21. The van der Waals surface area contributed by atoms with Crippen molar-refractivity contribution in [1.82, 2.24) is 15.3 Å². The van der Waals surface area contributed by atoms with Crippen LogP contribution in [0.1, 0.15) is 5.82 Å². The van der Waals surface area contributed by atoms with Crippen LogP contribution in [0.2, 0.25) is 0 Å². The summed E-state index contributed by atoms with van der Waals surface area (Å²) in [5, 5.41) is 3.21. The molecule has 0 unspecified atom stereocenters. The van der Waals surface area contributed by atoms with Gasteiger partial charge in [-0.3, -0.25) is 0 Å². The number of aromatic nitrogens is 2. The lowest BCUT2D eigenvalue weighted by molar-refractivity contribution is 0.447. The third kappa shape index (κ3) is 1.63. The van der Waals surface area contributed by atoms with Crippen molar-refractivity contribution in [3.05, 3.63) is 11.9 Å². The van der Waals surface area contributed by atoms with E-state index in [9.17, 15) is 0 Å². The van der Waals surface area contributed by atoms with Gasteiger partial charge in [0.2, 0.25) is 0 Å². The van der Waals surface area contributed by atoms with E-state index in [4.69, 9.17) is 5.73 Å². The monoisotopic (exact) mass is 193 g/mol. The van der Waals surface area contributed by atoms with Crippen LogP contribution in [0.5, 0.6) is 0 Å². The highest BCUT2D eigenvalue weighted by Crippen LogP contribution is 2.19. The molecule has 0 spiro atoms. The van der Waals surface area contributed by atoms with E-state index in [0.29, 0.717) is 11.9 Å². The molecule has 1 saturated heterocycles. The van der Waals surface area contributed by atoms with Crippen molar-refractivity contribution >= 4 is 11.6 Å².